The number of aliphatic imine (C=N–C) groups is 1. The van der Waals surface area contributed by atoms with Gasteiger partial charge in [-0.15, -0.1) is 11.3 Å². The van der Waals surface area contributed by atoms with Crippen LogP contribution in [-0.2, 0) is 11.2 Å². The predicted molar refractivity (Wildman–Crippen MR) is 102 cm³/mol. The van der Waals surface area contributed by atoms with Crippen LogP contribution in [-0.4, -0.2) is 42.8 Å². The topological polar surface area (TPSA) is 58.5 Å². The van der Waals surface area contributed by atoms with Gasteiger partial charge >= 0.3 is 0 Å². The molecule has 2 N–H and O–H groups in total. The maximum absolute atomic E-state index is 5.89. The zero-order chi connectivity index (χ0) is 17.1. The lowest BCUT2D eigenvalue weighted by atomic mass is 9.96. The van der Waals surface area contributed by atoms with E-state index >= 15 is 0 Å². The highest BCUT2D eigenvalue weighted by Gasteiger charge is 2.41. The second-order valence-corrected chi connectivity index (χ2v) is 7.48. The predicted octanol–water partition coefficient (Wildman–Crippen LogP) is 2.84. The lowest BCUT2D eigenvalue weighted by Crippen LogP contribution is -2.47. The van der Waals surface area contributed by atoms with Crippen molar-refractivity contribution >= 4 is 17.3 Å². The molecule has 6 heteroatoms. The molecular weight excluding hydrogens is 332 g/mol. The average Bonchev–Trinajstić information content (AvgIpc) is 3.38. The zero-order valence-electron chi connectivity index (χ0n) is 14.4. The van der Waals surface area contributed by atoms with Crippen molar-refractivity contribution in [2.24, 2.45) is 4.99 Å². The fourth-order valence-corrected chi connectivity index (χ4v) is 4.46. The van der Waals surface area contributed by atoms with E-state index in [4.69, 9.17) is 9.72 Å². The molecule has 0 amide bonds. The Hall–Kier alpha value is -1.92. The minimum atomic E-state index is 0.357. The van der Waals surface area contributed by atoms with Crippen LogP contribution in [0.25, 0.3) is 10.6 Å². The maximum Gasteiger partial charge on any atom is 0.191 e. The first-order valence-corrected chi connectivity index (χ1v) is 9.82. The first-order chi connectivity index (χ1) is 12.3. The molecule has 0 aliphatic carbocycles. The van der Waals surface area contributed by atoms with Crippen LogP contribution in [0.4, 0.5) is 0 Å². The number of hydrogen-bond acceptors (Lipinski definition) is 4. The highest BCUT2D eigenvalue weighted by molar-refractivity contribution is 7.13. The van der Waals surface area contributed by atoms with Gasteiger partial charge in [0.25, 0.3) is 0 Å². The summed E-state index contributed by atoms with van der Waals surface area (Å²) in [7, 11) is 1.82. The molecule has 2 aliphatic heterocycles. The second-order valence-electron chi connectivity index (χ2n) is 6.62. The highest BCUT2D eigenvalue weighted by atomic mass is 32.1. The van der Waals surface area contributed by atoms with Crippen LogP contribution in [0.3, 0.4) is 0 Å². The van der Waals surface area contributed by atoms with Crippen LogP contribution in [0.1, 0.15) is 25.0 Å². The standard InChI is InChI=1S/C19H24N4OS/c1-20-19(23-16-11-15-7-8-17(16)24-15)21-10-9-14-12-25-18(22-14)13-5-3-2-4-6-13/h2-6,12,15-17H,7-11H2,1H3,(H2,20,21,23). The third-order valence-corrected chi connectivity index (χ3v) is 5.84. The summed E-state index contributed by atoms with van der Waals surface area (Å²) >= 11 is 1.70. The zero-order valence-corrected chi connectivity index (χ0v) is 15.3. The SMILES string of the molecule is CN=C(NCCc1csc(-c2ccccc2)n1)NC1CC2CCC1O2. The largest absolute Gasteiger partial charge is 0.373 e. The first-order valence-electron chi connectivity index (χ1n) is 8.94. The lowest BCUT2D eigenvalue weighted by molar-refractivity contribution is 0.0992. The van der Waals surface area contributed by atoms with Gasteiger partial charge in [0.15, 0.2) is 5.96 Å². The lowest BCUT2D eigenvalue weighted by Gasteiger charge is -2.22. The minimum Gasteiger partial charge on any atom is -0.373 e. The quantitative estimate of drug-likeness (QED) is 0.639. The van der Waals surface area contributed by atoms with Gasteiger partial charge < -0.3 is 15.4 Å². The molecule has 2 bridgehead atoms. The van der Waals surface area contributed by atoms with Crippen molar-refractivity contribution in [3.8, 4) is 10.6 Å². The molecule has 2 aliphatic rings. The van der Waals surface area contributed by atoms with Gasteiger partial charge in [-0.05, 0) is 19.3 Å². The Morgan fingerprint density at radius 1 is 1.32 bits per heavy atom. The Balaban J connectivity index is 1.26. The molecular formula is C19H24N4OS. The van der Waals surface area contributed by atoms with Gasteiger partial charge in [-0.2, -0.15) is 0 Å². The van der Waals surface area contributed by atoms with E-state index in [2.05, 4.69) is 33.1 Å². The summed E-state index contributed by atoms with van der Waals surface area (Å²) in [4.78, 5) is 9.08. The summed E-state index contributed by atoms with van der Waals surface area (Å²) < 4.78 is 5.89. The molecule has 2 saturated heterocycles. The molecule has 1 aromatic heterocycles. The summed E-state index contributed by atoms with van der Waals surface area (Å²) in [5.74, 6) is 0.861. The minimum absolute atomic E-state index is 0.357. The normalized spacial score (nSPS) is 25.3. The van der Waals surface area contributed by atoms with Crippen LogP contribution in [0.5, 0.6) is 0 Å². The number of nitrogens with zero attached hydrogens (tertiary/aromatic N) is 2. The van der Waals surface area contributed by atoms with Gasteiger partial charge in [0.2, 0.25) is 0 Å². The van der Waals surface area contributed by atoms with E-state index in [0.29, 0.717) is 18.2 Å². The number of ether oxygens (including phenoxy) is 1. The summed E-state index contributed by atoms with van der Waals surface area (Å²) in [6.07, 6.45) is 5.17. The van der Waals surface area contributed by atoms with E-state index in [0.717, 1.165) is 36.0 Å². The van der Waals surface area contributed by atoms with E-state index in [1.807, 2.05) is 25.2 Å². The molecule has 0 spiro atoms. The van der Waals surface area contributed by atoms with Crippen molar-refractivity contribution in [2.45, 2.75) is 43.9 Å². The number of thiazole rings is 1. The van der Waals surface area contributed by atoms with Crippen LogP contribution < -0.4 is 10.6 Å². The molecule has 132 valence electrons. The summed E-state index contributed by atoms with van der Waals surface area (Å²) in [6, 6.07) is 10.7. The van der Waals surface area contributed by atoms with Gasteiger partial charge in [0.1, 0.15) is 5.01 Å². The smallest absolute Gasteiger partial charge is 0.191 e. The number of hydrogen-bond donors (Lipinski definition) is 2. The number of aromatic nitrogens is 1. The number of fused-ring (bicyclic) bond motifs is 2. The Labute approximate surface area is 152 Å². The summed E-state index contributed by atoms with van der Waals surface area (Å²) in [5, 5.41) is 10.1. The molecule has 3 heterocycles. The van der Waals surface area contributed by atoms with Gasteiger partial charge in [0.05, 0.1) is 23.9 Å². The van der Waals surface area contributed by atoms with Gasteiger partial charge in [-0.1, -0.05) is 30.3 Å². The summed E-state index contributed by atoms with van der Waals surface area (Å²) in [5.41, 5.74) is 2.30. The van der Waals surface area contributed by atoms with Gasteiger partial charge in [-0.3, -0.25) is 4.99 Å². The maximum atomic E-state index is 5.89. The number of guanidine groups is 1. The van der Waals surface area contributed by atoms with Crippen LogP contribution in [0.2, 0.25) is 0 Å². The molecule has 3 unspecified atom stereocenters. The van der Waals surface area contributed by atoms with Crippen LogP contribution in [0, 0.1) is 0 Å². The molecule has 3 atom stereocenters. The molecule has 2 aromatic rings. The fraction of sp³-hybridized carbons (Fsp3) is 0.474. The number of nitrogens with one attached hydrogen (secondary N) is 2. The Morgan fingerprint density at radius 2 is 2.20 bits per heavy atom. The van der Waals surface area contributed by atoms with E-state index in [-0.39, 0.29) is 0 Å². The monoisotopic (exact) mass is 356 g/mol. The Kier molecular flexibility index (Phi) is 4.99. The Bertz CT molecular complexity index is 730. The summed E-state index contributed by atoms with van der Waals surface area (Å²) in [6.45, 7) is 0.819. The first kappa shape index (κ1) is 16.5. The van der Waals surface area contributed by atoms with Crippen molar-refractivity contribution in [3.05, 3.63) is 41.4 Å². The van der Waals surface area contributed by atoms with Crippen LogP contribution in [0.15, 0.2) is 40.7 Å². The molecule has 0 radical (unpaired) electrons. The van der Waals surface area contributed by atoms with Crippen molar-refractivity contribution < 1.29 is 4.74 Å². The Morgan fingerprint density at radius 3 is 2.92 bits per heavy atom. The van der Waals surface area contributed by atoms with E-state index in [1.165, 1.54) is 18.4 Å². The number of rotatable bonds is 5. The molecule has 25 heavy (non-hydrogen) atoms. The van der Waals surface area contributed by atoms with Crippen molar-refractivity contribution in [2.75, 3.05) is 13.6 Å². The van der Waals surface area contributed by atoms with Crippen LogP contribution >= 0.6 is 11.3 Å². The van der Waals surface area contributed by atoms with Gasteiger partial charge in [0, 0.05) is 31.0 Å². The third kappa shape index (κ3) is 3.85. The second kappa shape index (κ2) is 7.54. The van der Waals surface area contributed by atoms with Crippen molar-refractivity contribution in [3.63, 3.8) is 0 Å². The average molecular weight is 356 g/mol. The fourth-order valence-electron chi connectivity index (χ4n) is 3.60. The number of benzene rings is 1. The molecule has 1 aromatic carbocycles. The molecule has 4 rings (SSSR count). The van der Waals surface area contributed by atoms with E-state index in [9.17, 15) is 0 Å². The van der Waals surface area contributed by atoms with Crippen molar-refractivity contribution in [1.82, 2.24) is 15.6 Å². The molecule has 5 nitrogen and oxygen atoms in total. The van der Waals surface area contributed by atoms with E-state index in [1.54, 1.807) is 11.3 Å². The molecule has 0 saturated carbocycles. The van der Waals surface area contributed by atoms with Gasteiger partial charge in [-0.25, -0.2) is 4.98 Å². The van der Waals surface area contributed by atoms with Crippen molar-refractivity contribution in [1.29, 1.82) is 0 Å². The third-order valence-electron chi connectivity index (χ3n) is 4.90. The molecule has 2 fully saturated rings. The highest BCUT2D eigenvalue weighted by Crippen LogP contribution is 2.34. The van der Waals surface area contributed by atoms with E-state index < -0.39 is 0 Å².